The van der Waals surface area contributed by atoms with Crippen molar-refractivity contribution in [3.63, 3.8) is 0 Å². The van der Waals surface area contributed by atoms with Gasteiger partial charge in [0.15, 0.2) is 0 Å². The largest absolute Gasteiger partial charge is 0.249 e. The zero-order valence-electron chi connectivity index (χ0n) is 5.79. The molecule has 0 aliphatic heterocycles. The highest BCUT2D eigenvalue weighted by Gasteiger charge is 2.26. The molecular weight excluding hydrogens is 124 g/mol. The van der Waals surface area contributed by atoms with Gasteiger partial charge in [0.05, 0.1) is 0 Å². The van der Waals surface area contributed by atoms with E-state index in [9.17, 15) is 0 Å². The van der Waals surface area contributed by atoms with Gasteiger partial charge in [0.1, 0.15) is 0 Å². The molecule has 0 saturated carbocycles. The molecule has 0 atom stereocenters. The summed E-state index contributed by atoms with van der Waals surface area (Å²) in [5.41, 5.74) is -0.427. The lowest BCUT2D eigenvalue weighted by atomic mass is 9.96. The van der Waals surface area contributed by atoms with Crippen LogP contribution in [0.5, 0.6) is 0 Å². The molecule has 9 heavy (non-hydrogen) atoms. The van der Waals surface area contributed by atoms with E-state index >= 15 is 0 Å². The summed E-state index contributed by atoms with van der Waals surface area (Å²) in [6.07, 6.45) is -0.988. The average Bonchev–Trinajstić information content (AvgIpc) is 1.65. The Balaban J connectivity index is 3.79. The lowest BCUT2D eigenvalue weighted by Gasteiger charge is -2.23. The van der Waals surface area contributed by atoms with Gasteiger partial charge in [0, 0.05) is 5.41 Å². The van der Waals surface area contributed by atoms with Crippen LogP contribution in [0.1, 0.15) is 20.8 Å². The summed E-state index contributed by atoms with van der Waals surface area (Å²) in [4.78, 5) is 7.58. The van der Waals surface area contributed by atoms with Crippen LogP contribution in [-0.2, 0) is 9.78 Å². The van der Waals surface area contributed by atoms with Crippen molar-refractivity contribution in [2.75, 3.05) is 0 Å². The third kappa shape index (κ3) is 2.76. The van der Waals surface area contributed by atoms with E-state index in [0.29, 0.717) is 0 Å². The van der Waals surface area contributed by atoms with Crippen LogP contribution in [0.4, 0.5) is 0 Å². The van der Waals surface area contributed by atoms with E-state index in [1.807, 2.05) is 0 Å². The third-order valence-electron chi connectivity index (χ3n) is 0.899. The van der Waals surface area contributed by atoms with Crippen LogP contribution in [-0.4, -0.2) is 16.8 Å². The van der Waals surface area contributed by atoms with Crippen molar-refractivity contribution in [2.45, 2.75) is 27.1 Å². The molecule has 2 N–H and O–H groups in total. The predicted octanol–water partition coefficient (Wildman–Crippen LogP) is 1.34. The molecule has 0 aliphatic carbocycles. The monoisotopic (exact) mass is 136 g/mol. The third-order valence-corrected chi connectivity index (χ3v) is 0.899. The normalized spacial score (nSPS) is 12.7. The zero-order valence-corrected chi connectivity index (χ0v) is 5.79. The summed E-state index contributed by atoms with van der Waals surface area (Å²) in [6.45, 7) is 5.26. The average molecular weight is 136 g/mol. The number of rotatable bonds is 2. The molecule has 4 nitrogen and oxygen atoms in total. The predicted molar refractivity (Wildman–Crippen MR) is 30.7 cm³/mol. The molecule has 0 spiro atoms. The molecule has 0 bridgehead atoms. The van der Waals surface area contributed by atoms with Gasteiger partial charge in [-0.05, 0) is 0 Å². The van der Waals surface area contributed by atoms with E-state index in [1.54, 1.807) is 20.8 Å². The molecule has 0 aromatic rings. The molecule has 0 saturated heterocycles. The van der Waals surface area contributed by atoms with Gasteiger partial charge in [0.2, 0.25) is 6.29 Å². The van der Waals surface area contributed by atoms with E-state index < -0.39 is 11.7 Å². The lowest BCUT2D eigenvalue weighted by molar-refractivity contribution is -0.452. The van der Waals surface area contributed by atoms with Crippen LogP contribution >= 0.6 is 0 Å². The minimum atomic E-state index is -0.988. The molecule has 0 aliphatic rings. The fraction of sp³-hybridized carbons (Fsp3) is 1.00. The first kappa shape index (κ1) is 8.84. The van der Waals surface area contributed by atoms with Gasteiger partial charge in [-0.15, -0.1) is 0 Å². The minimum Gasteiger partial charge on any atom is -0.249 e. The Kier molecular flexibility index (Phi) is 3.07. The van der Waals surface area contributed by atoms with Gasteiger partial charge >= 0.3 is 0 Å². The van der Waals surface area contributed by atoms with E-state index in [4.69, 9.17) is 10.5 Å². The lowest BCUT2D eigenvalue weighted by Crippen LogP contribution is -2.30. The first-order valence-corrected chi connectivity index (χ1v) is 2.63. The van der Waals surface area contributed by atoms with Crippen LogP contribution < -0.4 is 0 Å². The summed E-state index contributed by atoms with van der Waals surface area (Å²) in [7, 11) is 0. The van der Waals surface area contributed by atoms with Crippen molar-refractivity contribution < 1.29 is 20.3 Å². The first-order valence-electron chi connectivity index (χ1n) is 2.63. The molecular formula is C5H12O4. The van der Waals surface area contributed by atoms with Crippen molar-refractivity contribution in [3.05, 3.63) is 0 Å². The van der Waals surface area contributed by atoms with Gasteiger partial charge < -0.3 is 0 Å². The Bertz CT molecular complexity index is 71.5. The summed E-state index contributed by atoms with van der Waals surface area (Å²) in [5, 5.41) is 16.2. The smallest absolute Gasteiger partial charge is 0.228 e. The second-order valence-corrected chi connectivity index (χ2v) is 2.91. The molecule has 0 rings (SSSR count). The van der Waals surface area contributed by atoms with Crippen molar-refractivity contribution in [2.24, 2.45) is 5.41 Å². The van der Waals surface area contributed by atoms with Gasteiger partial charge in [-0.25, -0.2) is 20.3 Å². The second kappa shape index (κ2) is 3.12. The van der Waals surface area contributed by atoms with E-state index in [1.165, 1.54) is 0 Å². The SMILES string of the molecule is CC(C)(C)C(OO)OO. The quantitative estimate of drug-likeness (QED) is 0.341. The summed E-state index contributed by atoms with van der Waals surface area (Å²) >= 11 is 0. The maximum atomic E-state index is 8.08. The highest BCUT2D eigenvalue weighted by atomic mass is 17.2. The molecule has 0 heterocycles. The Labute approximate surface area is 53.9 Å². The van der Waals surface area contributed by atoms with Gasteiger partial charge in [-0.1, -0.05) is 20.8 Å². The van der Waals surface area contributed by atoms with E-state index in [2.05, 4.69) is 9.78 Å². The molecule has 0 unspecified atom stereocenters. The Morgan fingerprint density at radius 3 is 1.44 bits per heavy atom. The second-order valence-electron chi connectivity index (χ2n) is 2.91. The molecule has 4 heteroatoms. The van der Waals surface area contributed by atoms with Gasteiger partial charge in [-0.3, -0.25) is 0 Å². The van der Waals surface area contributed by atoms with Crippen LogP contribution in [0.25, 0.3) is 0 Å². The van der Waals surface area contributed by atoms with Gasteiger partial charge in [-0.2, -0.15) is 0 Å². The van der Waals surface area contributed by atoms with Crippen molar-refractivity contribution in [1.82, 2.24) is 0 Å². The minimum absolute atomic E-state index is 0.427. The highest BCUT2D eigenvalue weighted by molar-refractivity contribution is 4.63. The first-order chi connectivity index (χ1) is 4.02. The Morgan fingerprint density at radius 2 is 1.44 bits per heavy atom. The molecule has 0 fully saturated rings. The Morgan fingerprint density at radius 1 is 1.11 bits per heavy atom. The van der Waals surface area contributed by atoms with Crippen LogP contribution in [0.15, 0.2) is 0 Å². The Hall–Kier alpha value is -0.160. The van der Waals surface area contributed by atoms with Crippen LogP contribution in [0, 0.1) is 5.41 Å². The summed E-state index contributed by atoms with van der Waals surface area (Å²) < 4.78 is 0. The maximum absolute atomic E-state index is 8.08. The van der Waals surface area contributed by atoms with E-state index in [-0.39, 0.29) is 0 Å². The standard InChI is InChI=1S/C5H12O4/c1-5(2,3)4(8-6)9-7/h4,6-7H,1-3H3. The van der Waals surface area contributed by atoms with Crippen molar-refractivity contribution >= 4 is 0 Å². The fourth-order valence-corrected chi connectivity index (χ4v) is 0.335. The van der Waals surface area contributed by atoms with E-state index in [0.717, 1.165) is 0 Å². The summed E-state index contributed by atoms with van der Waals surface area (Å²) in [6, 6.07) is 0. The molecule has 0 amide bonds. The fourth-order valence-electron chi connectivity index (χ4n) is 0.335. The molecule has 0 radical (unpaired) electrons. The highest BCUT2D eigenvalue weighted by Crippen LogP contribution is 2.21. The number of hydrogen-bond donors (Lipinski definition) is 2. The maximum Gasteiger partial charge on any atom is 0.228 e. The van der Waals surface area contributed by atoms with Gasteiger partial charge in [0.25, 0.3) is 0 Å². The zero-order chi connectivity index (χ0) is 7.49. The van der Waals surface area contributed by atoms with Crippen molar-refractivity contribution in [3.8, 4) is 0 Å². The van der Waals surface area contributed by atoms with Crippen molar-refractivity contribution in [1.29, 1.82) is 0 Å². The molecule has 0 aromatic carbocycles. The topological polar surface area (TPSA) is 58.9 Å². The van der Waals surface area contributed by atoms with Crippen LogP contribution in [0.3, 0.4) is 0 Å². The molecule has 0 aromatic heterocycles. The summed E-state index contributed by atoms with van der Waals surface area (Å²) in [5.74, 6) is 0. The molecule has 56 valence electrons. The van der Waals surface area contributed by atoms with Crippen LogP contribution in [0.2, 0.25) is 0 Å². The number of hydrogen-bond acceptors (Lipinski definition) is 4.